The summed E-state index contributed by atoms with van der Waals surface area (Å²) in [7, 11) is 0. The zero-order valence-electron chi connectivity index (χ0n) is 17.0. The SMILES string of the molecule is Cc1cc(Sc2ncccn2)ccc1NC(=O)NCc1ccccc1Cn1cccn1. The predicted octanol–water partition coefficient (Wildman–Crippen LogP) is 4.50. The molecule has 0 saturated carbocycles. The van der Waals surface area contributed by atoms with Gasteiger partial charge in [-0.05, 0) is 65.7 Å². The Kier molecular flexibility index (Phi) is 6.59. The van der Waals surface area contributed by atoms with Gasteiger partial charge in [0, 0.05) is 41.9 Å². The van der Waals surface area contributed by atoms with Crippen molar-refractivity contribution in [3.05, 3.63) is 96.1 Å². The van der Waals surface area contributed by atoms with Gasteiger partial charge in [0.05, 0.1) is 6.54 Å². The highest BCUT2D eigenvalue weighted by Crippen LogP contribution is 2.27. The van der Waals surface area contributed by atoms with E-state index in [-0.39, 0.29) is 6.03 Å². The van der Waals surface area contributed by atoms with Gasteiger partial charge >= 0.3 is 6.03 Å². The molecule has 0 bridgehead atoms. The van der Waals surface area contributed by atoms with Crippen LogP contribution in [0.5, 0.6) is 0 Å². The Bertz CT molecular complexity index is 1150. The Morgan fingerprint density at radius 3 is 2.55 bits per heavy atom. The van der Waals surface area contributed by atoms with Crippen molar-refractivity contribution >= 4 is 23.5 Å². The summed E-state index contributed by atoms with van der Waals surface area (Å²) in [5.41, 5.74) is 3.91. The predicted molar refractivity (Wildman–Crippen MR) is 121 cm³/mol. The van der Waals surface area contributed by atoms with Gasteiger partial charge in [0.15, 0.2) is 5.16 Å². The third kappa shape index (κ3) is 5.70. The summed E-state index contributed by atoms with van der Waals surface area (Å²) in [5, 5.41) is 10.8. The Morgan fingerprint density at radius 1 is 1.00 bits per heavy atom. The number of aryl methyl sites for hydroxylation is 1. The largest absolute Gasteiger partial charge is 0.334 e. The average molecular weight is 431 g/mol. The van der Waals surface area contributed by atoms with Crippen LogP contribution in [0.2, 0.25) is 0 Å². The first kappa shape index (κ1) is 20.6. The number of aromatic nitrogens is 4. The number of carbonyl (C=O) groups is 1. The molecule has 0 aliphatic carbocycles. The van der Waals surface area contributed by atoms with Gasteiger partial charge in [-0.1, -0.05) is 24.3 Å². The van der Waals surface area contributed by atoms with E-state index in [0.717, 1.165) is 27.3 Å². The van der Waals surface area contributed by atoms with Crippen LogP contribution in [0, 0.1) is 6.92 Å². The molecule has 2 aromatic heterocycles. The number of hydrogen-bond donors (Lipinski definition) is 2. The minimum Gasteiger partial charge on any atom is -0.334 e. The Balaban J connectivity index is 1.35. The van der Waals surface area contributed by atoms with Crippen LogP contribution in [0.25, 0.3) is 0 Å². The van der Waals surface area contributed by atoms with Crippen molar-refractivity contribution in [2.24, 2.45) is 0 Å². The number of anilines is 1. The molecule has 156 valence electrons. The van der Waals surface area contributed by atoms with Crippen molar-refractivity contribution in [1.82, 2.24) is 25.1 Å². The van der Waals surface area contributed by atoms with E-state index in [0.29, 0.717) is 18.2 Å². The maximum absolute atomic E-state index is 12.5. The summed E-state index contributed by atoms with van der Waals surface area (Å²) >= 11 is 1.48. The lowest BCUT2D eigenvalue weighted by Gasteiger charge is -2.13. The van der Waals surface area contributed by atoms with Crippen molar-refractivity contribution < 1.29 is 4.79 Å². The van der Waals surface area contributed by atoms with Crippen molar-refractivity contribution in [1.29, 1.82) is 0 Å². The fraction of sp³-hybridized carbons (Fsp3) is 0.130. The number of benzene rings is 2. The zero-order chi connectivity index (χ0) is 21.5. The van der Waals surface area contributed by atoms with Gasteiger partial charge in [-0.15, -0.1) is 0 Å². The fourth-order valence-corrected chi connectivity index (χ4v) is 3.89. The summed E-state index contributed by atoms with van der Waals surface area (Å²) in [4.78, 5) is 21.9. The van der Waals surface area contributed by atoms with Crippen molar-refractivity contribution in [2.45, 2.75) is 30.1 Å². The molecule has 0 spiro atoms. The van der Waals surface area contributed by atoms with Crippen LogP contribution in [-0.4, -0.2) is 25.8 Å². The van der Waals surface area contributed by atoms with E-state index in [1.165, 1.54) is 11.8 Å². The molecule has 4 rings (SSSR count). The van der Waals surface area contributed by atoms with Crippen molar-refractivity contribution in [2.75, 3.05) is 5.32 Å². The van der Waals surface area contributed by atoms with E-state index in [4.69, 9.17) is 0 Å². The lowest BCUT2D eigenvalue weighted by molar-refractivity contribution is 0.251. The average Bonchev–Trinajstić information content (AvgIpc) is 3.29. The lowest BCUT2D eigenvalue weighted by Crippen LogP contribution is -2.29. The molecule has 2 heterocycles. The lowest BCUT2D eigenvalue weighted by atomic mass is 10.1. The molecule has 0 atom stereocenters. The molecule has 0 radical (unpaired) electrons. The summed E-state index contributed by atoms with van der Waals surface area (Å²) in [6, 6.07) is 17.3. The van der Waals surface area contributed by atoms with Crippen LogP contribution in [0.15, 0.2) is 89.4 Å². The van der Waals surface area contributed by atoms with Crippen molar-refractivity contribution in [3.63, 3.8) is 0 Å². The second-order valence-electron chi connectivity index (χ2n) is 6.89. The van der Waals surface area contributed by atoms with Crippen LogP contribution in [-0.2, 0) is 13.1 Å². The minimum atomic E-state index is -0.246. The summed E-state index contributed by atoms with van der Waals surface area (Å²) < 4.78 is 1.86. The van der Waals surface area contributed by atoms with Gasteiger partial charge < -0.3 is 10.6 Å². The quantitative estimate of drug-likeness (QED) is 0.422. The second kappa shape index (κ2) is 9.90. The number of nitrogens with zero attached hydrogens (tertiary/aromatic N) is 4. The first-order chi connectivity index (χ1) is 15.2. The molecular formula is C23H22N6OS. The van der Waals surface area contributed by atoms with E-state index in [2.05, 4.69) is 25.7 Å². The van der Waals surface area contributed by atoms with E-state index in [9.17, 15) is 4.79 Å². The minimum absolute atomic E-state index is 0.246. The maximum atomic E-state index is 12.5. The zero-order valence-corrected chi connectivity index (χ0v) is 17.8. The second-order valence-corrected chi connectivity index (χ2v) is 7.93. The van der Waals surface area contributed by atoms with Gasteiger partial charge in [0.1, 0.15) is 0 Å². The first-order valence-corrected chi connectivity index (χ1v) is 10.6. The van der Waals surface area contributed by atoms with Crippen molar-refractivity contribution in [3.8, 4) is 0 Å². The van der Waals surface area contributed by atoms with Gasteiger partial charge in [0.25, 0.3) is 0 Å². The van der Waals surface area contributed by atoms with Crippen LogP contribution in [0.4, 0.5) is 10.5 Å². The van der Waals surface area contributed by atoms with E-state index < -0.39 is 0 Å². The van der Waals surface area contributed by atoms with Crippen LogP contribution < -0.4 is 10.6 Å². The van der Waals surface area contributed by atoms with Crippen LogP contribution in [0.3, 0.4) is 0 Å². The summed E-state index contributed by atoms with van der Waals surface area (Å²) in [6.45, 7) is 3.06. The molecule has 7 nitrogen and oxygen atoms in total. The van der Waals surface area contributed by atoms with E-state index in [1.807, 2.05) is 66.3 Å². The molecule has 4 aromatic rings. The molecule has 31 heavy (non-hydrogen) atoms. The van der Waals surface area contributed by atoms with Gasteiger partial charge in [0.2, 0.25) is 0 Å². The number of nitrogens with one attached hydrogen (secondary N) is 2. The number of carbonyl (C=O) groups excluding carboxylic acids is 1. The van der Waals surface area contributed by atoms with Gasteiger partial charge in [-0.25, -0.2) is 14.8 Å². The molecule has 2 N–H and O–H groups in total. The standard InChI is InChI=1S/C23H22N6OS/c1-17-14-20(31-23-24-10-4-11-25-23)8-9-21(17)28-22(30)26-15-18-6-2-3-7-19(18)16-29-13-5-12-27-29/h2-14H,15-16H2,1H3,(H2,26,28,30). The molecule has 0 aliphatic heterocycles. The van der Waals surface area contributed by atoms with Crippen LogP contribution in [0.1, 0.15) is 16.7 Å². The summed E-state index contributed by atoms with van der Waals surface area (Å²) in [6.07, 6.45) is 7.12. The highest BCUT2D eigenvalue weighted by molar-refractivity contribution is 7.99. The maximum Gasteiger partial charge on any atom is 0.319 e. The number of urea groups is 1. The molecule has 2 amide bonds. The number of rotatable bonds is 7. The number of hydrogen-bond acceptors (Lipinski definition) is 5. The van der Waals surface area contributed by atoms with Gasteiger partial charge in [-0.3, -0.25) is 4.68 Å². The molecular weight excluding hydrogens is 408 g/mol. The topological polar surface area (TPSA) is 84.7 Å². The monoisotopic (exact) mass is 430 g/mol. The van der Waals surface area contributed by atoms with E-state index >= 15 is 0 Å². The normalized spacial score (nSPS) is 10.6. The third-order valence-corrected chi connectivity index (χ3v) is 5.53. The molecule has 0 fully saturated rings. The molecule has 0 aliphatic rings. The smallest absolute Gasteiger partial charge is 0.319 e. The van der Waals surface area contributed by atoms with Crippen LogP contribution >= 0.6 is 11.8 Å². The molecule has 0 unspecified atom stereocenters. The van der Waals surface area contributed by atoms with E-state index in [1.54, 1.807) is 24.7 Å². The highest BCUT2D eigenvalue weighted by atomic mass is 32.2. The highest BCUT2D eigenvalue weighted by Gasteiger charge is 2.09. The van der Waals surface area contributed by atoms with Gasteiger partial charge in [-0.2, -0.15) is 5.10 Å². The number of amides is 2. The Labute approximate surface area is 184 Å². The molecule has 2 aromatic carbocycles. The summed E-state index contributed by atoms with van der Waals surface area (Å²) in [5.74, 6) is 0. The molecule has 0 saturated heterocycles. The first-order valence-electron chi connectivity index (χ1n) is 9.82. The Hall–Kier alpha value is -3.65. The molecule has 8 heteroatoms. The Morgan fingerprint density at radius 2 is 1.81 bits per heavy atom. The third-order valence-electron chi connectivity index (χ3n) is 4.65. The fourth-order valence-electron chi connectivity index (χ4n) is 3.08.